The molecule has 2 amide bonds. The second kappa shape index (κ2) is 8.55. The number of aliphatic hydroxyl groups is 1. The van der Waals surface area contributed by atoms with Crippen LogP contribution in [0.5, 0.6) is 11.5 Å². The molecule has 1 N–H and O–H groups in total. The second-order valence-corrected chi connectivity index (χ2v) is 6.80. The van der Waals surface area contributed by atoms with Crippen molar-refractivity contribution in [3.05, 3.63) is 58.7 Å². The highest BCUT2D eigenvalue weighted by Gasteiger charge is 2.42. The fourth-order valence-electron chi connectivity index (χ4n) is 3.20. The van der Waals surface area contributed by atoms with Crippen molar-refractivity contribution in [1.29, 1.82) is 0 Å². The highest BCUT2D eigenvalue weighted by molar-refractivity contribution is 6.45. The Balaban J connectivity index is 2.17. The maximum Gasteiger partial charge on any atom is 0.282 e. The highest BCUT2D eigenvalue weighted by Crippen LogP contribution is 2.40. The van der Waals surface area contributed by atoms with Crippen LogP contribution in [-0.4, -0.2) is 56.2 Å². The number of aliphatic hydroxyl groups excluding tert-OH is 1. The third-order valence-corrected chi connectivity index (χ3v) is 4.89. The quantitative estimate of drug-likeness (QED) is 0.699. The summed E-state index contributed by atoms with van der Waals surface area (Å²) in [6.45, 7) is 0.0202. The number of hydrogen-bond donors (Lipinski definition) is 1. The van der Waals surface area contributed by atoms with E-state index in [-0.39, 0.29) is 30.1 Å². The molecule has 0 saturated carbocycles. The van der Waals surface area contributed by atoms with Gasteiger partial charge in [0.05, 0.1) is 32.1 Å². The van der Waals surface area contributed by atoms with Crippen LogP contribution in [0.4, 0.5) is 5.69 Å². The van der Waals surface area contributed by atoms with E-state index >= 15 is 0 Å². The van der Waals surface area contributed by atoms with E-state index < -0.39 is 11.8 Å². The van der Waals surface area contributed by atoms with Crippen LogP contribution in [0.1, 0.15) is 5.56 Å². The normalized spacial score (nSPS) is 13.9. The molecule has 1 heterocycles. The zero-order valence-electron chi connectivity index (χ0n) is 16.3. The molecule has 2 aromatic rings. The first-order chi connectivity index (χ1) is 13.9. The van der Waals surface area contributed by atoms with Crippen LogP contribution >= 0.6 is 11.6 Å². The van der Waals surface area contributed by atoms with Gasteiger partial charge < -0.3 is 19.5 Å². The van der Waals surface area contributed by atoms with Crippen LogP contribution in [0.2, 0.25) is 5.02 Å². The predicted octanol–water partition coefficient (Wildman–Crippen LogP) is 2.57. The van der Waals surface area contributed by atoms with Gasteiger partial charge >= 0.3 is 0 Å². The standard InChI is InChI=1S/C21H21ClN2O5/c1-23(10-11-25)19-18(13-4-6-14(22)7-5-13)20(26)24(21(19)27)16-12-15(28-2)8-9-17(16)29-3/h4-9,12,25H,10-11H2,1-3H3. The van der Waals surface area contributed by atoms with Crippen molar-refractivity contribution in [3.8, 4) is 11.5 Å². The van der Waals surface area contributed by atoms with Gasteiger partial charge in [0.25, 0.3) is 11.8 Å². The molecular formula is C21H21ClN2O5. The van der Waals surface area contributed by atoms with Gasteiger partial charge in [0, 0.05) is 24.7 Å². The second-order valence-electron chi connectivity index (χ2n) is 6.36. The molecule has 0 fully saturated rings. The average Bonchev–Trinajstić information content (AvgIpc) is 2.98. The Morgan fingerprint density at radius 1 is 1.03 bits per heavy atom. The van der Waals surface area contributed by atoms with Crippen molar-refractivity contribution in [2.45, 2.75) is 0 Å². The highest BCUT2D eigenvalue weighted by atomic mass is 35.5. The van der Waals surface area contributed by atoms with Gasteiger partial charge in [-0.3, -0.25) is 9.59 Å². The largest absolute Gasteiger partial charge is 0.497 e. The summed E-state index contributed by atoms with van der Waals surface area (Å²) in [6, 6.07) is 11.6. The Morgan fingerprint density at radius 3 is 2.31 bits per heavy atom. The van der Waals surface area contributed by atoms with Gasteiger partial charge in [0.1, 0.15) is 17.2 Å². The van der Waals surface area contributed by atoms with Crippen molar-refractivity contribution in [3.63, 3.8) is 0 Å². The summed E-state index contributed by atoms with van der Waals surface area (Å²) in [6.07, 6.45) is 0. The van der Waals surface area contributed by atoms with Gasteiger partial charge in [0.15, 0.2) is 0 Å². The van der Waals surface area contributed by atoms with E-state index in [2.05, 4.69) is 0 Å². The number of likely N-dealkylation sites (N-methyl/N-ethyl adjacent to an activating group) is 1. The van der Waals surface area contributed by atoms with Crippen molar-refractivity contribution >= 4 is 34.7 Å². The lowest BCUT2D eigenvalue weighted by atomic mass is 10.0. The molecule has 0 saturated heterocycles. The molecule has 0 spiro atoms. The summed E-state index contributed by atoms with van der Waals surface area (Å²) in [5.41, 5.74) is 1.25. The molecule has 0 radical (unpaired) electrons. The number of halogens is 1. The number of carbonyl (C=O) groups excluding carboxylic acids is 2. The molecule has 0 unspecified atom stereocenters. The van der Waals surface area contributed by atoms with Crippen LogP contribution in [-0.2, 0) is 9.59 Å². The fourth-order valence-corrected chi connectivity index (χ4v) is 3.33. The Labute approximate surface area is 173 Å². The van der Waals surface area contributed by atoms with Crippen LogP contribution in [0.25, 0.3) is 5.57 Å². The minimum Gasteiger partial charge on any atom is -0.497 e. The van der Waals surface area contributed by atoms with E-state index in [0.29, 0.717) is 22.1 Å². The van der Waals surface area contributed by atoms with Gasteiger partial charge in [-0.15, -0.1) is 0 Å². The molecule has 0 aliphatic carbocycles. The van der Waals surface area contributed by atoms with Crippen molar-refractivity contribution < 1.29 is 24.2 Å². The summed E-state index contributed by atoms with van der Waals surface area (Å²) in [4.78, 5) is 29.4. The van der Waals surface area contributed by atoms with E-state index in [4.69, 9.17) is 21.1 Å². The number of nitrogens with zero attached hydrogens (tertiary/aromatic N) is 2. The van der Waals surface area contributed by atoms with Crippen molar-refractivity contribution in [2.24, 2.45) is 0 Å². The average molecular weight is 417 g/mol. The van der Waals surface area contributed by atoms with E-state index in [0.717, 1.165) is 4.90 Å². The van der Waals surface area contributed by atoms with E-state index in [1.165, 1.54) is 14.2 Å². The van der Waals surface area contributed by atoms with E-state index in [1.54, 1.807) is 54.4 Å². The number of benzene rings is 2. The summed E-state index contributed by atoms with van der Waals surface area (Å²) in [5.74, 6) is -0.174. The maximum atomic E-state index is 13.4. The zero-order valence-corrected chi connectivity index (χ0v) is 17.1. The molecular weight excluding hydrogens is 396 g/mol. The Morgan fingerprint density at radius 2 is 1.72 bits per heavy atom. The number of ether oxygens (including phenoxy) is 2. The predicted molar refractivity (Wildman–Crippen MR) is 110 cm³/mol. The molecule has 0 bridgehead atoms. The first-order valence-electron chi connectivity index (χ1n) is 8.86. The number of rotatable bonds is 7. The zero-order chi connectivity index (χ0) is 21.1. The van der Waals surface area contributed by atoms with Crippen LogP contribution in [0.3, 0.4) is 0 Å². The third-order valence-electron chi connectivity index (χ3n) is 4.64. The number of hydrogen-bond acceptors (Lipinski definition) is 6. The number of carbonyl (C=O) groups is 2. The number of amides is 2. The number of anilines is 1. The molecule has 8 heteroatoms. The summed E-state index contributed by atoms with van der Waals surface area (Å²) >= 11 is 5.98. The Bertz CT molecular complexity index is 972. The van der Waals surface area contributed by atoms with Gasteiger partial charge in [-0.2, -0.15) is 0 Å². The minimum atomic E-state index is -0.512. The molecule has 3 rings (SSSR count). The Hall–Kier alpha value is -3.03. The Kier molecular flexibility index (Phi) is 6.10. The number of imide groups is 1. The molecule has 0 atom stereocenters. The molecule has 152 valence electrons. The first-order valence-corrected chi connectivity index (χ1v) is 9.23. The molecule has 2 aromatic carbocycles. The third kappa shape index (κ3) is 3.79. The van der Waals surface area contributed by atoms with Crippen LogP contribution < -0.4 is 14.4 Å². The number of methoxy groups -OCH3 is 2. The summed E-state index contributed by atoms with van der Waals surface area (Å²) < 4.78 is 10.6. The SMILES string of the molecule is COc1ccc(OC)c(N2C(=O)C(c3ccc(Cl)cc3)=C(N(C)CCO)C2=O)c1. The summed E-state index contributed by atoms with van der Waals surface area (Å²) in [5, 5.41) is 9.86. The maximum absolute atomic E-state index is 13.4. The van der Waals surface area contributed by atoms with Gasteiger partial charge in [-0.25, -0.2) is 4.90 Å². The molecule has 0 aromatic heterocycles. The van der Waals surface area contributed by atoms with Crippen LogP contribution in [0.15, 0.2) is 48.2 Å². The first kappa shape index (κ1) is 20.7. The molecule has 29 heavy (non-hydrogen) atoms. The van der Waals surface area contributed by atoms with Gasteiger partial charge in [-0.1, -0.05) is 23.7 Å². The monoisotopic (exact) mass is 416 g/mol. The lowest BCUT2D eigenvalue weighted by Crippen LogP contribution is -2.35. The van der Waals surface area contributed by atoms with Crippen LogP contribution in [0, 0.1) is 0 Å². The summed E-state index contributed by atoms with van der Waals surface area (Å²) in [7, 11) is 4.61. The van der Waals surface area contributed by atoms with Gasteiger partial charge in [0.2, 0.25) is 0 Å². The minimum absolute atomic E-state index is 0.169. The fraction of sp³-hybridized carbons (Fsp3) is 0.238. The van der Waals surface area contributed by atoms with Crippen molar-refractivity contribution in [1.82, 2.24) is 4.90 Å². The van der Waals surface area contributed by atoms with Gasteiger partial charge in [-0.05, 0) is 29.8 Å². The molecule has 1 aliphatic rings. The van der Waals surface area contributed by atoms with E-state index in [1.807, 2.05) is 0 Å². The lowest BCUT2D eigenvalue weighted by molar-refractivity contribution is -0.120. The smallest absolute Gasteiger partial charge is 0.282 e. The molecule has 7 nitrogen and oxygen atoms in total. The molecule has 1 aliphatic heterocycles. The van der Waals surface area contributed by atoms with Crippen molar-refractivity contribution in [2.75, 3.05) is 39.3 Å². The lowest BCUT2D eigenvalue weighted by Gasteiger charge is -2.21. The topological polar surface area (TPSA) is 79.3 Å². The van der Waals surface area contributed by atoms with E-state index in [9.17, 15) is 14.7 Å².